The third kappa shape index (κ3) is 10.7. The highest BCUT2D eigenvalue weighted by molar-refractivity contribution is 6.75. The fourth-order valence-corrected chi connectivity index (χ4v) is 14.6. The van der Waals surface area contributed by atoms with E-state index in [0.717, 1.165) is 67.4 Å². The van der Waals surface area contributed by atoms with Crippen molar-refractivity contribution in [1.29, 1.82) is 0 Å². The lowest BCUT2D eigenvalue weighted by molar-refractivity contribution is 0.114. The van der Waals surface area contributed by atoms with E-state index in [1.54, 1.807) is 32.1 Å². The highest BCUT2D eigenvalue weighted by atomic mass is 28.4. The summed E-state index contributed by atoms with van der Waals surface area (Å²) in [5.41, 5.74) is 4.57. The van der Waals surface area contributed by atoms with Crippen molar-refractivity contribution in [2.45, 2.75) is 97.8 Å². The Morgan fingerprint density at radius 3 is 1.95 bits per heavy atom. The predicted molar refractivity (Wildman–Crippen MR) is 191 cm³/mol. The van der Waals surface area contributed by atoms with Crippen LogP contribution in [0.4, 0.5) is 5.69 Å². The summed E-state index contributed by atoms with van der Waals surface area (Å²) in [7, 11) is -0.291. The molecule has 0 spiro atoms. The van der Waals surface area contributed by atoms with Crippen molar-refractivity contribution in [3.05, 3.63) is 17.2 Å². The summed E-state index contributed by atoms with van der Waals surface area (Å²) in [6, 6.07) is 4.76. The van der Waals surface area contributed by atoms with Crippen LogP contribution in [0.5, 0.6) is 0 Å². The lowest BCUT2D eigenvalue weighted by Crippen LogP contribution is -2.51. The Bertz CT molecular complexity index is 887. The van der Waals surface area contributed by atoms with E-state index in [-0.39, 0.29) is 5.54 Å². The molecule has 1 aromatic rings. The quantitative estimate of drug-likeness (QED) is 0.134. The highest BCUT2D eigenvalue weighted by Gasteiger charge is 2.47. The van der Waals surface area contributed by atoms with Gasteiger partial charge in [0, 0.05) is 53.3 Å². The third-order valence-corrected chi connectivity index (χ3v) is 18.4. The molecule has 1 atom stereocenters. The number of nitrogens with one attached hydrogen (secondary N) is 1. The summed E-state index contributed by atoms with van der Waals surface area (Å²) in [5.74, 6) is 0. The van der Waals surface area contributed by atoms with Crippen molar-refractivity contribution in [2.24, 2.45) is 0 Å². The Balaban J connectivity index is 3.29. The van der Waals surface area contributed by atoms with E-state index in [1.165, 1.54) is 22.5 Å². The number of rotatable bonds is 23. The zero-order valence-corrected chi connectivity index (χ0v) is 34.2. The van der Waals surface area contributed by atoms with E-state index < -0.39 is 35.0 Å². The smallest absolute Gasteiger partial charge is 0.395 e. The van der Waals surface area contributed by atoms with Crippen LogP contribution in [0.3, 0.4) is 0 Å². The van der Waals surface area contributed by atoms with Crippen molar-refractivity contribution >= 4 is 60.5 Å². The Labute approximate surface area is 267 Å². The Morgan fingerprint density at radius 2 is 1.50 bits per heavy atom. The van der Waals surface area contributed by atoms with Crippen LogP contribution in [0.2, 0.25) is 44.8 Å². The fraction of sp³-hybridized carbons (Fsp3) is 0.800. The first-order chi connectivity index (χ1) is 20.0. The van der Waals surface area contributed by atoms with E-state index in [4.69, 9.17) is 22.1 Å². The first-order valence-corrected chi connectivity index (χ1v) is 26.6. The summed E-state index contributed by atoms with van der Waals surface area (Å²) >= 11 is 0. The van der Waals surface area contributed by atoms with E-state index in [1.807, 2.05) is 0 Å². The van der Waals surface area contributed by atoms with Gasteiger partial charge in [0.25, 0.3) is 0 Å². The van der Waals surface area contributed by atoms with E-state index in [0.29, 0.717) is 0 Å². The van der Waals surface area contributed by atoms with Gasteiger partial charge >= 0.3 is 17.4 Å². The monoisotopic (exact) mass is 670 g/mol. The summed E-state index contributed by atoms with van der Waals surface area (Å²) in [4.78, 5) is 2.61. The van der Waals surface area contributed by atoms with Gasteiger partial charge in [-0.1, -0.05) is 50.4 Å². The minimum Gasteiger partial charge on any atom is -0.395 e. The second-order valence-electron chi connectivity index (χ2n) is 11.4. The van der Waals surface area contributed by atoms with Gasteiger partial charge in [0.2, 0.25) is 0 Å². The first kappa shape index (κ1) is 39.9. The van der Waals surface area contributed by atoms with Gasteiger partial charge in [-0.3, -0.25) is 0 Å². The lowest BCUT2D eigenvalue weighted by atomic mass is 10.0. The molecule has 42 heavy (non-hydrogen) atoms. The minimum absolute atomic E-state index is 0.0729. The second kappa shape index (κ2) is 20.1. The molecule has 0 amide bonds. The highest BCUT2D eigenvalue weighted by Crippen LogP contribution is 2.31. The molecule has 1 N–H and O–H groups in total. The maximum atomic E-state index is 6.02. The topological polar surface area (TPSA) is 61.4 Å². The number of hydrogen-bond acceptors (Lipinski definition) is 7. The van der Waals surface area contributed by atoms with Crippen molar-refractivity contribution in [3.63, 3.8) is 0 Å². The van der Waals surface area contributed by atoms with Crippen LogP contribution in [0, 0.1) is 0 Å². The van der Waals surface area contributed by atoms with Crippen LogP contribution < -0.4 is 20.6 Å². The van der Waals surface area contributed by atoms with E-state index >= 15 is 0 Å². The Kier molecular flexibility index (Phi) is 19.1. The molecule has 0 saturated carbocycles. The molecule has 12 heteroatoms. The second-order valence-corrected chi connectivity index (χ2v) is 24.4. The van der Waals surface area contributed by atoms with Gasteiger partial charge in [-0.05, 0) is 82.2 Å². The molecule has 0 fully saturated rings. The van der Waals surface area contributed by atoms with Gasteiger partial charge in [-0.25, -0.2) is 0 Å². The molecule has 0 aromatic heterocycles. The van der Waals surface area contributed by atoms with Gasteiger partial charge in [0.15, 0.2) is 0 Å². The summed E-state index contributed by atoms with van der Waals surface area (Å²) in [6.07, 6.45) is 3.28. The predicted octanol–water partition coefficient (Wildman–Crippen LogP) is 4.72. The van der Waals surface area contributed by atoms with Gasteiger partial charge in [0.05, 0.1) is 32.7 Å². The Hall–Kier alpha value is -0.136. The average Bonchev–Trinajstić information content (AvgIpc) is 2.96. The molecule has 7 nitrogen and oxygen atoms in total. The summed E-state index contributed by atoms with van der Waals surface area (Å²) < 4.78 is 30.1. The largest absolute Gasteiger partial charge is 0.507 e. The molecule has 0 aliphatic rings. The molecular weight excluding hydrogens is 609 g/mol. The van der Waals surface area contributed by atoms with Crippen LogP contribution in [0.15, 0.2) is 6.07 Å². The van der Waals surface area contributed by atoms with Crippen molar-refractivity contribution < 1.29 is 22.1 Å². The third-order valence-electron chi connectivity index (χ3n) is 8.09. The summed E-state index contributed by atoms with van der Waals surface area (Å²) in [5, 5.41) is 6.81. The van der Waals surface area contributed by atoms with Crippen molar-refractivity contribution in [2.75, 3.05) is 65.2 Å². The zero-order chi connectivity index (χ0) is 31.9. The van der Waals surface area contributed by atoms with Crippen molar-refractivity contribution in [1.82, 2.24) is 5.32 Å². The number of benzene rings is 1. The normalized spacial score (nSPS) is 13.4. The number of anilines is 1. The molecule has 4 radical (unpaired) electrons. The van der Waals surface area contributed by atoms with Crippen LogP contribution in [-0.4, -0.2) is 105 Å². The first-order valence-electron chi connectivity index (χ1n) is 15.9. The van der Waals surface area contributed by atoms with E-state index in [9.17, 15) is 0 Å². The molecule has 1 unspecified atom stereocenters. The molecule has 1 aromatic carbocycles. The minimum atomic E-state index is -2.87. The molecular formula is C30H62N2O5Si5. The van der Waals surface area contributed by atoms with Crippen LogP contribution in [0.25, 0.3) is 0 Å². The standard InChI is InChI=1S/C30H62N2O5Si5/c1-14-32(15-2)29-26(19-21-38-24-31-20-18-22-41(13,36-16-3)37-17-4)30(40(11)12)27(23-28(29)39(9)10)25(5)42(33-6,34-7)35-8/h23,25,31H,14-22,24H2,1-13H3. The molecule has 0 aliphatic heterocycles. The zero-order valence-electron chi connectivity index (χ0n) is 29.2. The fourth-order valence-electron chi connectivity index (χ4n) is 5.99. The SMILES string of the molecule is CCO[Si](C)(CCCNC[Si]CCc1c(N(CC)CC)c([Si](C)C)cc(C(C)[Si](OC)(OC)OC)c1[Si](C)C)OCC. The average molecular weight is 671 g/mol. The molecule has 0 aliphatic carbocycles. The summed E-state index contributed by atoms with van der Waals surface area (Å²) in [6.45, 7) is 27.5. The molecule has 0 saturated heterocycles. The van der Waals surface area contributed by atoms with Crippen molar-refractivity contribution in [3.8, 4) is 0 Å². The maximum absolute atomic E-state index is 6.02. The molecule has 1 rings (SSSR count). The lowest BCUT2D eigenvalue weighted by Gasteiger charge is -2.36. The van der Waals surface area contributed by atoms with Crippen LogP contribution >= 0.6 is 0 Å². The van der Waals surface area contributed by atoms with Gasteiger partial charge in [-0.15, -0.1) is 0 Å². The molecule has 0 bridgehead atoms. The Morgan fingerprint density at radius 1 is 0.929 bits per heavy atom. The van der Waals surface area contributed by atoms with Crippen LogP contribution in [-0.2, 0) is 28.6 Å². The van der Waals surface area contributed by atoms with Gasteiger partial charge < -0.3 is 32.3 Å². The molecule has 0 heterocycles. The van der Waals surface area contributed by atoms with Crippen LogP contribution in [0.1, 0.15) is 57.7 Å². The number of hydrogen-bond donors (Lipinski definition) is 1. The van der Waals surface area contributed by atoms with E-state index in [2.05, 4.69) is 83.6 Å². The number of nitrogens with zero attached hydrogens (tertiary/aromatic N) is 1. The molecule has 242 valence electrons. The van der Waals surface area contributed by atoms with Gasteiger partial charge in [0.1, 0.15) is 0 Å². The maximum Gasteiger partial charge on any atom is 0.507 e. The van der Waals surface area contributed by atoms with Gasteiger partial charge in [-0.2, -0.15) is 0 Å².